The van der Waals surface area contributed by atoms with Crippen molar-refractivity contribution < 1.29 is 19.2 Å². The van der Waals surface area contributed by atoms with Gasteiger partial charge in [0.15, 0.2) is 0 Å². The first kappa shape index (κ1) is 17.0. The van der Waals surface area contributed by atoms with Gasteiger partial charge in [-0.1, -0.05) is 29.3 Å². The van der Waals surface area contributed by atoms with Crippen LogP contribution in [0.5, 0.6) is 0 Å². The minimum atomic E-state index is -0.807. The Morgan fingerprint density at radius 1 is 1.13 bits per heavy atom. The molecule has 0 saturated carbocycles. The zero-order valence-corrected chi connectivity index (χ0v) is 13.2. The van der Waals surface area contributed by atoms with Crippen LogP contribution in [0.25, 0.3) is 0 Å². The number of nitrogens with zero attached hydrogens (tertiary/aromatic N) is 1. The van der Waals surface area contributed by atoms with Crippen LogP contribution in [0.3, 0.4) is 0 Å². The van der Waals surface area contributed by atoms with Gasteiger partial charge in [-0.2, -0.15) is 0 Å². The fourth-order valence-corrected chi connectivity index (χ4v) is 2.27. The molecule has 7 nitrogen and oxygen atoms in total. The van der Waals surface area contributed by atoms with Crippen LogP contribution in [0.15, 0.2) is 24.8 Å². The second-order valence-electron chi connectivity index (χ2n) is 4.56. The van der Waals surface area contributed by atoms with Crippen molar-refractivity contribution in [2.75, 3.05) is 13.1 Å². The summed E-state index contributed by atoms with van der Waals surface area (Å²) in [4.78, 5) is 48.2. The quantitative estimate of drug-likeness (QED) is 0.633. The minimum absolute atomic E-state index is 0.0632. The molecule has 0 spiro atoms. The molecular weight excluding hydrogens is 345 g/mol. The summed E-state index contributed by atoms with van der Waals surface area (Å²) >= 11 is 11.6. The van der Waals surface area contributed by atoms with E-state index in [1.807, 2.05) is 5.32 Å². The zero-order valence-electron chi connectivity index (χ0n) is 11.7. The summed E-state index contributed by atoms with van der Waals surface area (Å²) < 4.78 is 0. The maximum Gasteiger partial charge on any atom is 0.321 e. The van der Waals surface area contributed by atoms with Crippen LogP contribution in [0, 0.1) is 0 Å². The number of rotatable bonds is 4. The van der Waals surface area contributed by atoms with E-state index in [-0.39, 0.29) is 27.7 Å². The molecule has 0 radical (unpaired) electrons. The molecule has 0 aliphatic carbocycles. The Hall–Kier alpha value is -2.38. The van der Waals surface area contributed by atoms with E-state index >= 15 is 0 Å². The normalized spacial score (nSPS) is 12.9. The van der Waals surface area contributed by atoms with Crippen LogP contribution in [-0.4, -0.2) is 41.7 Å². The molecule has 2 N–H and O–H groups in total. The maximum absolute atomic E-state index is 12.2. The number of nitrogens with one attached hydrogen (secondary N) is 2. The van der Waals surface area contributed by atoms with Gasteiger partial charge in [-0.25, -0.2) is 4.79 Å². The van der Waals surface area contributed by atoms with Gasteiger partial charge >= 0.3 is 6.03 Å². The van der Waals surface area contributed by atoms with Gasteiger partial charge in [0.05, 0.1) is 21.2 Å². The fraction of sp³-hybridized carbons (Fsp3) is 0.143. The predicted octanol–water partition coefficient (Wildman–Crippen LogP) is 1.60. The second-order valence-corrected chi connectivity index (χ2v) is 5.37. The monoisotopic (exact) mass is 355 g/mol. The molecule has 2 rings (SSSR count). The number of hydrogen-bond donors (Lipinski definition) is 2. The molecule has 0 saturated heterocycles. The van der Waals surface area contributed by atoms with Crippen molar-refractivity contribution >= 4 is 47.0 Å². The van der Waals surface area contributed by atoms with Gasteiger partial charge in [0, 0.05) is 6.54 Å². The maximum atomic E-state index is 12.2. The Morgan fingerprint density at radius 2 is 1.65 bits per heavy atom. The highest BCUT2D eigenvalue weighted by molar-refractivity contribution is 6.43. The van der Waals surface area contributed by atoms with E-state index in [0.29, 0.717) is 4.90 Å². The molecule has 1 aromatic carbocycles. The Morgan fingerprint density at radius 3 is 2.13 bits per heavy atom. The molecule has 23 heavy (non-hydrogen) atoms. The molecule has 120 valence electrons. The Labute approximate surface area is 141 Å². The van der Waals surface area contributed by atoms with Crippen molar-refractivity contribution in [1.29, 1.82) is 0 Å². The van der Waals surface area contributed by atoms with Gasteiger partial charge in [-0.15, -0.1) is 6.58 Å². The van der Waals surface area contributed by atoms with E-state index in [9.17, 15) is 19.2 Å². The van der Waals surface area contributed by atoms with E-state index < -0.39 is 30.3 Å². The first-order chi connectivity index (χ1) is 10.8. The number of halogens is 2. The molecule has 1 heterocycles. The molecule has 9 heteroatoms. The highest BCUT2D eigenvalue weighted by Gasteiger charge is 2.37. The first-order valence-electron chi connectivity index (χ1n) is 6.39. The van der Waals surface area contributed by atoms with Crippen LogP contribution in [0.2, 0.25) is 10.0 Å². The molecule has 5 amide bonds. The lowest BCUT2D eigenvalue weighted by Crippen LogP contribution is -2.45. The lowest BCUT2D eigenvalue weighted by Gasteiger charge is -2.13. The van der Waals surface area contributed by atoms with Crippen molar-refractivity contribution in [3.63, 3.8) is 0 Å². The number of benzene rings is 1. The van der Waals surface area contributed by atoms with E-state index in [2.05, 4.69) is 11.9 Å². The lowest BCUT2D eigenvalue weighted by atomic mass is 10.1. The molecule has 0 aromatic heterocycles. The molecule has 0 atom stereocenters. The van der Waals surface area contributed by atoms with Crippen LogP contribution in [0.4, 0.5) is 4.79 Å². The third kappa shape index (κ3) is 3.52. The van der Waals surface area contributed by atoms with Gasteiger partial charge in [-0.3, -0.25) is 24.6 Å². The third-order valence-corrected chi connectivity index (χ3v) is 3.70. The second kappa shape index (κ2) is 6.80. The van der Waals surface area contributed by atoms with Crippen LogP contribution in [0.1, 0.15) is 20.7 Å². The molecule has 1 aliphatic heterocycles. The van der Waals surface area contributed by atoms with Crippen molar-refractivity contribution in [3.8, 4) is 0 Å². The van der Waals surface area contributed by atoms with Gasteiger partial charge < -0.3 is 5.32 Å². The predicted molar refractivity (Wildman–Crippen MR) is 83.6 cm³/mol. The number of carbonyl (C=O) groups is 4. The van der Waals surface area contributed by atoms with Gasteiger partial charge in [-0.05, 0) is 12.1 Å². The Balaban J connectivity index is 2.09. The number of amides is 5. The van der Waals surface area contributed by atoms with E-state index in [4.69, 9.17) is 23.2 Å². The van der Waals surface area contributed by atoms with Crippen LogP contribution in [-0.2, 0) is 4.79 Å². The van der Waals surface area contributed by atoms with E-state index in [1.54, 1.807) is 0 Å². The molecule has 0 bridgehead atoms. The van der Waals surface area contributed by atoms with Crippen molar-refractivity contribution in [1.82, 2.24) is 15.5 Å². The first-order valence-corrected chi connectivity index (χ1v) is 7.14. The summed E-state index contributed by atoms with van der Waals surface area (Å²) in [5.74, 6) is -2.16. The zero-order chi connectivity index (χ0) is 17.1. The minimum Gasteiger partial charge on any atom is -0.334 e. The summed E-state index contributed by atoms with van der Waals surface area (Å²) in [5, 5.41) is 4.58. The standard InChI is InChI=1S/C14H11Cl2N3O4/c1-2-3-17-14(23)18-11(20)6-19-12(21)7-4-9(15)10(16)5-8(7)13(19)22/h2,4-5H,1,3,6H2,(H2,17,18,20,23). The lowest BCUT2D eigenvalue weighted by molar-refractivity contribution is -0.120. The average molecular weight is 356 g/mol. The number of imide groups is 2. The summed E-state index contributed by atoms with van der Waals surface area (Å²) in [5.41, 5.74) is 0.126. The van der Waals surface area contributed by atoms with Gasteiger partial charge in [0.2, 0.25) is 5.91 Å². The van der Waals surface area contributed by atoms with Crippen molar-refractivity contribution in [2.45, 2.75) is 0 Å². The highest BCUT2D eigenvalue weighted by Crippen LogP contribution is 2.31. The van der Waals surface area contributed by atoms with E-state index in [0.717, 1.165) is 0 Å². The van der Waals surface area contributed by atoms with Crippen molar-refractivity contribution in [3.05, 3.63) is 46.0 Å². The molecular formula is C14H11Cl2N3O4. The SMILES string of the molecule is C=CCNC(=O)NC(=O)CN1C(=O)c2cc(Cl)c(Cl)cc2C1=O. The smallest absolute Gasteiger partial charge is 0.321 e. The topological polar surface area (TPSA) is 95.6 Å². The fourth-order valence-electron chi connectivity index (χ4n) is 1.95. The number of fused-ring (bicyclic) bond motifs is 1. The van der Waals surface area contributed by atoms with E-state index in [1.165, 1.54) is 18.2 Å². The van der Waals surface area contributed by atoms with Gasteiger partial charge in [0.25, 0.3) is 11.8 Å². The Kier molecular flexibility index (Phi) is 5.02. The van der Waals surface area contributed by atoms with Crippen LogP contribution >= 0.6 is 23.2 Å². The summed E-state index contributed by atoms with van der Waals surface area (Å²) in [6.07, 6.45) is 1.43. The largest absolute Gasteiger partial charge is 0.334 e. The van der Waals surface area contributed by atoms with Crippen molar-refractivity contribution in [2.24, 2.45) is 0 Å². The number of urea groups is 1. The molecule has 0 unspecified atom stereocenters. The molecule has 1 aromatic rings. The number of hydrogen-bond acceptors (Lipinski definition) is 4. The Bertz CT molecular complexity index is 692. The van der Waals surface area contributed by atoms with Crippen LogP contribution < -0.4 is 10.6 Å². The highest BCUT2D eigenvalue weighted by atomic mass is 35.5. The third-order valence-electron chi connectivity index (χ3n) is 2.97. The average Bonchev–Trinajstić information content (AvgIpc) is 2.71. The molecule has 0 fully saturated rings. The molecule has 1 aliphatic rings. The summed E-state index contributed by atoms with van der Waals surface area (Å²) in [6, 6.07) is 1.79. The number of carbonyl (C=O) groups excluding carboxylic acids is 4. The summed E-state index contributed by atoms with van der Waals surface area (Å²) in [7, 11) is 0. The summed E-state index contributed by atoms with van der Waals surface area (Å²) in [6.45, 7) is 2.98. The van der Waals surface area contributed by atoms with Gasteiger partial charge in [0.1, 0.15) is 6.54 Å².